The van der Waals surface area contributed by atoms with Gasteiger partial charge in [-0.1, -0.05) is 59.6 Å². The van der Waals surface area contributed by atoms with E-state index < -0.39 is 6.04 Å². The van der Waals surface area contributed by atoms with E-state index >= 15 is 0 Å². The third kappa shape index (κ3) is 4.77. The summed E-state index contributed by atoms with van der Waals surface area (Å²) in [7, 11) is 0. The second-order valence-electron chi connectivity index (χ2n) is 6.60. The summed E-state index contributed by atoms with van der Waals surface area (Å²) >= 11 is 11.9. The Morgan fingerprint density at radius 2 is 1.77 bits per heavy atom. The molecule has 1 atom stereocenters. The summed E-state index contributed by atoms with van der Waals surface area (Å²) in [6.07, 6.45) is 2.38. The minimum Gasteiger partial charge on any atom is -0.301 e. The van der Waals surface area contributed by atoms with Crippen LogP contribution in [0.3, 0.4) is 0 Å². The Hall–Kier alpha value is -1.59. The summed E-state index contributed by atoms with van der Waals surface area (Å²) in [5.41, 5.74) is 1.64. The van der Waals surface area contributed by atoms with Gasteiger partial charge >= 0.3 is 0 Å². The van der Waals surface area contributed by atoms with Crippen LogP contribution in [-0.4, -0.2) is 40.7 Å². The first-order valence-electron chi connectivity index (χ1n) is 8.77. The van der Waals surface area contributed by atoms with Crippen molar-refractivity contribution in [3.05, 3.63) is 69.7 Å². The summed E-state index contributed by atoms with van der Waals surface area (Å²) in [5.74, 6) is -0.364. The quantitative estimate of drug-likeness (QED) is 0.577. The maximum Gasteiger partial charge on any atom is 0.250 e. The minimum absolute atomic E-state index is 0.0662. The number of hydroxylamine groups is 2. The third-order valence-corrected chi connectivity index (χ3v) is 5.44. The van der Waals surface area contributed by atoms with Gasteiger partial charge in [0.15, 0.2) is 0 Å². The standard InChI is InChI=1S/C20H22Cl2N2O2/c21-17-9-8-15(12-18(17)22)13-20(25)24(26)19(14-23-10-4-5-11-23)16-6-2-1-3-7-16/h1-3,6-9,12,19,26H,4-5,10-11,13-14H2/t19-/m0/s1. The molecule has 0 aromatic heterocycles. The van der Waals surface area contributed by atoms with Gasteiger partial charge in [-0.05, 0) is 49.2 Å². The van der Waals surface area contributed by atoms with E-state index in [-0.39, 0.29) is 12.3 Å². The summed E-state index contributed by atoms with van der Waals surface area (Å²) in [5, 5.41) is 12.4. The van der Waals surface area contributed by atoms with Crippen LogP contribution >= 0.6 is 23.2 Å². The van der Waals surface area contributed by atoms with Crippen molar-refractivity contribution < 1.29 is 10.0 Å². The van der Waals surface area contributed by atoms with Crippen LogP contribution in [0.15, 0.2) is 48.5 Å². The molecule has 2 aromatic carbocycles. The van der Waals surface area contributed by atoms with Crippen LogP contribution < -0.4 is 0 Å². The van der Waals surface area contributed by atoms with Crippen LogP contribution in [0.5, 0.6) is 0 Å². The molecular formula is C20H22Cl2N2O2. The first-order chi connectivity index (χ1) is 12.5. The number of amides is 1. The molecule has 6 heteroatoms. The summed E-state index contributed by atoms with van der Waals surface area (Å²) in [4.78, 5) is 15.0. The number of hydrogen-bond acceptors (Lipinski definition) is 3. The SMILES string of the molecule is O=C(Cc1ccc(Cl)c(Cl)c1)N(O)[C@@H](CN1CCCC1)c1ccccc1. The zero-order chi connectivity index (χ0) is 18.5. The summed E-state index contributed by atoms with van der Waals surface area (Å²) in [6.45, 7) is 2.62. The van der Waals surface area contributed by atoms with Crippen molar-refractivity contribution in [2.75, 3.05) is 19.6 Å². The van der Waals surface area contributed by atoms with Gasteiger partial charge in [0.2, 0.25) is 0 Å². The Balaban J connectivity index is 1.75. The largest absolute Gasteiger partial charge is 0.301 e. The van der Waals surface area contributed by atoms with Crippen LogP contribution in [0.1, 0.15) is 30.0 Å². The molecule has 0 saturated carbocycles. The van der Waals surface area contributed by atoms with Gasteiger partial charge in [0, 0.05) is 6.54 Å². The number of benzene rings is 2. The van der Waals surface area contributed by atoms with Gasteiger partial charge in [0.25, 0.3) is 5.91 Å². The van der Waals surface area contributed by atoms with E-state index in [0.29, 0.717) is 16.6 Å². The molecule has 1 saturated heterocycles. The number of carbonyl (C=O) groups is 1. The molecule has 1 amide bonds. The van der Waals surface area contributed by atoms with E-state index in [2.05, 4.69) is 4.90 Å². The van der Waals surface area contributed by atoms with Crippen molar-refractivity contribution in [1.29, 1.82) is 0 Å². The average Bonchev–Trinajstić information content (AvgIpc) is 3.16. The maximum absolute atomic E-state index is 12.7. The molecule has 138 valence electrons. The number of carbonyl (C=O) groups excluding carboxylic acids is 1. The topological polar surface area (TPSA) is 43.8 Å². The van der Waals surface area contributed by atoms with E-state index in [4.69, 9.17) is 23.2 Å². The second-order valence-corrected chi connectivity index (χ2v) is 7.41. The van der Waals surface area contributed by atoms with Crippen molar-refractivity contribution >= 4 is 29.1 Å². The molecule has 1 fully saturated rings. The summed E-state index contributed by atoms with van der Waals surface area (Å²) in [6, 6.07) is 14.3. The molecule has 0 spiro atoms. The van der Waals surface area contributed by atoms with Crippen molar-refractivity contribution in [3.63, 3.8) is 0 Å². The predicted molar refractivity (Wildman–Crippen MR) is 104 cm³/mol. The van der Waals surface area contributed by atoms with Crippen molar-refractivity contribution in [2.45, 2.75) is 25.3 Å². The van der Waals surface area contributed by atoms with E-state index in [1.807, 2.05) is 30.3 Å². The Morgan fingerprint density at radius 1 is 1.08 bits per heavy atom. The lowest BCUT2D eigenvalue weighted by Gasteiger charge is -2.30. The molecule has 26 heavy (non-hydrogen) atoms. The molecule has 4 nitrogen and oxygen atoms in total. The van der Waals surface area contributed by atoms with E-state index in [9.17, 15) is 10.0 Å². The predicted octanol–water partition coefficient (Wildman–Crippen LogP) is 4.59. The molecule has 0 unspecified atom stereocenters. The molecule has 3 rings (SSSR count). The minimum atomic E-state index is -0.399. The number of halogens is 2. The molecule has 2 aromatic rings. The first kappa shape index (κ1) is 19.2. The first-order valence-corrected chi connectivity index (χ1v) is 9.52. The van der Waals surface area contributed by atoms with Crippen LogP contribution in [0.25, 0.3) is 0 Å². The Morgan fingerprint density at radius 3 is 2.42 bits per heavy atom. The monoisotopic (exact) mass is 392 g/mol. The Labute approximate surface area is 163 Å². The number of nitrogens with zero attached hydrogens (tertiary/aromatic N) is 2. The fraction of sp³-hybridized carbons (Fsp3) is 0.350. The molecule has 1 aliphatic rings. The molecular weight excluding hydrogens is 371 g/mol. The van der Waals surface area contributed by atoms with Gasteiger partial charge in [-0.25, -0.2) is 5.06 Å². The number of likely N-dealkylation sites (tertiary alicyclic amines) is 1. The number of rotatable bonds is 6. The maximum atomic E-state index is 12.7. The molecule has 1 N–H and O–H groups in total. The van der Waals surface area contributed by atoms with Gasteiger partial charge in [-0.3, -0.25) is 10.0 Å². The van der Waals surface area contributed by atoms with Crippen LogP contribution in [-0.2, 0) is 11.2 Å². The normalized spacial score (nSPS) is 15.8. The fourth-order valence-electron chi connectivity index (χ4n) is 3.29. The molecule has 0 bridgehead atoms. The average molecular weight is 393 g/mol. The van der Waals surface area contributed by atoms with Gasteiger partial charge in [0.1, 0.15) is 0 Å². The summed E-state index contributed by atoms with van der Waals surface area (Å²) < 4.78 is 0. The smallest absolute Gasteiger partial charge is 0.250 e. The van der Waals surface area contributed by atoms with Crippen molar-refractivity contribution in [3.8, 4) is 0 Å². The van der Waals surface area contributed by atoms with Gasteiger partial charge in [-0.2, -0.15) is 0 Å². The van der Waals surface area contributed by atoms with E-state index in [1.54, 1.807) is 18.2 Å². The Kier molecular flexibility index (Phi) is 6.54. The van der Waals surface area contributed by atoms with E-state index in [1.165, 1.54) is 0 Å². The van der Waals surface area contributed by atoms with Crippen molar-refractivity contribution in [1.82, 2.24) is 9.96 Å². The third-order valence-electron chi connectivity index (χ3n) is 4.70. The van der Waals surface area contributed by atoms with E-state index in [0.717, 1.165) is 42.1 Å². The Bertz CT molecular complexity index is 749. The zero-order valence-electron chi connectivity index (χ0n) is 14.4. The highest BCUT2D eigenvalue weighted by Gasteiger charge is 2.27. The van der Waals surface area contributed by atoms with Gasteiger partial charge < -0.3 is 4.90 Å². The lowest BCUT2D eigenvalue weighted by Crippen LogP contribution is -2.39. The highest BCUT2D eigenvalue weighted by atomic mass is 35.5. The molecule has 1 aliphatic heterocycles. The lowest BCUT2D eigenvalue weighted by molar-refractivity contribution is -0.177. The van der Waals surface area contributed by atoms with Gasteiger partial charge in [0.05, 0.1) is 22.5 Å². The zero-order valence-corrected chi connectivity index (χ0v) is 16.0. The highest BCUT2D eigenvalue weighted by molar-refractivity contribution is 6.42. The van der Waals surface area contributed by atoms with Crippen LogP contribution in [0, 0.1) is 0 Å². The second kappa shape index (κ2) is 8.87. The lowest BCUT2D eigenvalue weighted by atomic mass is 10.0. The number of hydrogen-bond donors (Lipinski definition) is 1. The molecule has 1 heterocycles. The van der Waals surface area contributed by atoms with Crippen molar-refractivity contribution in [2.24, 2.45) is 0 Å². The van der Waals surface area contributed by atoms with Gasteiger partial charge in [-0.15, -0.1) is 0 Å². The highest BCUT2D eigenvalue weighted by Crippen LogP contribution is 2.25. The molecule has 0 aliphatic carbocycles. The fourth-order valence-corrected chi connectivity index (χ4v) is 3.61. The molecule has 0 radical (unpaired) electrons. The van der Waals surface area contributed by atoms with Crippen LogP contribution in [0.4, 0.5) is 0 Å². The van der Waals surface area contributed by atoms with Crippen LogP contribution in [0.2, 0.25) is 10.0 Å².